The zero-order valence-corrected chi connectivity index (χ0v) is 10.3. The number of rotatable bonds is 2. The molecule has 1 fully saturated rings. The Morgan fingerprint density at radius 1 is 1.47 bits per heavy atom. The van der Waals surface area contributed by atoms with E-state index >= 15 is 0 Å². The fourth-order valence-electron chi connectivity index (χ4n) is 2.63. The van der Waals surface area contributed by atoms with Crippen molar-refractivity contribution < 1.29 is 0 Å². The Bertz CT molecular complexity index is 554. The summed E-state index contributed by atoms with van der Waals surface area (Å²) in [5, 5.41) is 0. The summed E-state index contributed by atoms with van der Waals surface area (Å²) in [6.45, 7) is 4.25. The van der Waals surface area contributed by atoms with Gasteiger partial charge in [-0.25, -0.2) is 9.97 Å². The van der Waals surface area contributed by atoms with Gasteiger partial charge in [0.2, 0.25) is 5.95 Å². The van der Waals surface area contributed by atoms with Crippen molar-refractivity contribution in [1.82, 2.24) is 14.5 Å². The van der Waals surface area contributed by atoms with Gasteiger partial charge in [-0.1, -0.05) is 6.42 Å². The molecular weight excluding hydrogens is 212 g/mol. The van der Waals surface area contributed by atoms with Gasteiger partial charge in [-0.3, -0.25) is 4.57 Å². The third kappa shape index (κ3) is 1.59. The summed E-state index contributed by atoms with van der Waals surface area (Å²) in [5.41, 5.74) is 8.99. The van der Waals surface area contributed by atoms with Gasteiger partial charge in [-0.05, 0) is 44.2 Å². The smallest absolute Gasteiger partial charge is 0.202 e. The van der Waals surface area contributed by atoms with Crippen molar-refractivity contribution in [2.75, 3.05) is 5.73 Å². The van der Waals surface area contributed by atoms with E-state index in [1.165, 1.54) is 19.3 Å². The van der Waals surface area contributed by atoms with Crippen LogP contribution in [-0.2, 0) is 0 Å². The van der Waals surface area contributed by atoms with E-state index in [0.29, 0.717) is 12.0 Å². The topological polar surface area (TPSA) is 56.7 Å². The van der Waals surface area contributed by atoms with Crippen LogP contribution in [-0.4, -0.2) is 14.5 Å². The summed E-state index contributed by atoms with van der Waals surface area (Å²) < 4.78 is 2.10. The molecule has 0 aromatic carbocycles. The maximum absolute atomic E-state index is 6.03. The van der Waals surface area contributed by atoms with Gasteiger partial charge < -0.3 is 5.73 Å². The summed E-state index contributed by atoms with van der Waals surface area (Å²) in [5.74, 6) is 1.33. The van der Waals surface area contributed by atoms with Crippen LogP contribution in [0.15, 0.2) is 12.3 Å². The van der Waals surface area contributed by atoms with Gasteiger partial charge >= 0.3 is 0 Å². The average molecular weight is 230 g/mol. The Labute approximate surface area is 101 Å². The Morgan fingerprint density at radius 3 is 2.88 bits per heavy atom. The molecule has 1 aliphatic rings. The maximum atomic E-state index is 6.03. The summed E-state index contributed by atoms with van der Waals surface area (Å²) in [7, 11) is 0. The van der Waals surface area contributed by atoms with Gasteiger partial charge in [0.05, 0.1) is 0 Å². The van der Waals surface area contributed by atoms with Crippen molar-refractivity contribution in [3.05, 3.63) is 17.8 Å². The number of imidazole rings is 1. The van der Waals surface area contributed by atoms with Crippen LogP contribution < -0.4 is 5.73 Å². The normalized spacial score (nSPS) is 18.2. The molecule has 2 aromatic heterocycles. The fraction of sp³-hybridized carbons (Fsp3) is 0.538. The molecule has 1 atom stereocenters. The SMILES string of the molecule is Cc1cnc2c(c1)nc(N)n2C(C)C1CCC1. The molecule has 0 amide bonds. The van der Waals surface area contributed by atoms with Crippen LogP contribution in [0, 0.1) is 12.8 Å². The third-order valence-corrected chi connectivity index (χ3v) is 3.93. The molecule has 4 nitrogen and oxygen atoms in total. The van der Waals surface area contributed by atoms with E-state index in [1.807, 2.05) is 19.2 Å². The molecule has 0 saturated heterocycles. The standard InChI is InChI=1S/C13H18N4/c1-8-6-11-12(15-7-8)17(13(14)16-11)9(2)10-4-3-5-10/h6-7,9-10H,3-5H2,1-2H3,(H2,14,16). The lowest BCUT2D eigenvalue weighted by Crippen LogP contribution is -2.24. The first-order valence-corrected chi connectivity index (χ1v) is 6.27. The van der Waals surface area contributed by atoms with E-state index in [2.05, 4.69) is 21.5 Å². The molecule has 2 N–H and O–H groups in total. The quantitative estimate of drug-likeness (QED) is 0.863. The highest BCUT2D eigenvalue weighted by Crippen LogP contribution is 2.38. The molecule has 0 bridgehead atoms. The van der Waals surface area contributed by atoms with Gasteiger partial charge in [-0.2, -0.15) is 0 Å². The molecule has 17 heavy (non-hydrogen) atoms. The highest BCUT2D eigenvalue weighted by atomic mass is 15.2. The Hall–Kier alpha value is -1.58. The molecule has 3 rings (SSSR count). The number of aryl methyl sites for hydroxylation is 1. The first kappa shape index (κ1) is 10.6. The number of hydrogen-bond acceptors (Lipinski definition) is 3. The maximum Gasteiger partial charge on any atom is 0.202 e. The van der Waals surface area contributed by atoms with E-state index in [-0.39, 0.29) is 0 Å². The number of nitrogens with zero attached hydrogens (tertiary/aromatic N) is 3. The predicted octanol–water partition coefficient (Wildman–Crippen LogP) is 2.68. The zero-order valence-electron chi connectivity index (χ0n) is 10.3. The van der Waals surface area contributed by atoms with Crippen molar-refractivity contribution in [3.8, 4) is 0 Å². The van der Waals surface area contributed by atoms with Crippen LogP contribution in [0.2, 0.25) is 0 Å². The lowest BCUT2D eigenvalue weighted by atomic mass is 9.80. The van der Waals surface area contributed by atoms with Crippen molar-refractivity contribution >= 4 is 17.1 Å². The van der Waals surface area contributed by atoms with Crippen LogP contribution in [0.3, 0.4) is 0 Å². The monoisotopic (exact) mass is 230 g/mol. The van der Waals surface area contributed by atoms with Gasteiger partial charge in [0.15, 0.2) is 5.65 Å². The van der Waals surface area contributed by atoms with E-state index in [0.717, 1.165) is 22.6 Å². The number of nitrogen functional groups attached to an aromatic ring is 1. The first-order chi connectivity index (χ1) is 8.16. The van der Waals surface area contributed by atoms with Crippen LogP contribution in [0.25, 0.3) is 11.2 Å². The number of aromatic nitrogens is 3. The second-order valence-electron chi connectivity index (χ2n) is 5.13. The van der Waals surface area contributed by atoms with E-state index in [9.17, 15) is 0 Å². The lowest BCUT2D eigenvalue weighted by molar-refractivity contribution is 0.227. The van der Waals surface area contributed by atoms with E-state index < -0.39 is 0 Å². The summed E-state index contributed by atoms with van der Waals surface area (Å²) in [6.07, 6.45) is 5.82. The molecule has 1 aliphatic carbocycles. The second kappa shape index (κ2) is 3.72. The molecule has 1 unspecified atom stereocenters. The largest absolute Gasteiger partial charge is 0.369 e. The number of anilines is 1. The molecule has 0 radical (unpaired) electrons. The highest BCUT2D eigenvalue weighted by molar-refractivity contribution is 5.74. The van der Waals surface area contributed by atoms with Gasteiger partial charge in [-0.15, -0.1) is 0 Å². The lowest BCUT2D eigenvalue weighted by Gasteiger charge is -2.32. The second-order valence-corrected chi connectivity index (χ2v) is 5.13. The number of pyridine rings is 1. The van der Waals surface area contributed by atoms with Crippen molar-refractivity contribution in [2.24, 2.45) is 5.92 Å². The van der Waals surface area contributed by atoms with Crippen molar-refractivity contribution in [1.29, 1.82) is 0 Å². The molecule has 0 aliphatic heterocycles. The minimum atomic E-state index is 0.406. The molecule has 90 valence electrons. The minimum absolute atomic E-state index is 0.406. The average Bonchev–Trinajstić information content (AvgIpc) is 2.50. The Morgan fingerprint density at radius 2 is 2.24 bits per heavy atom. The van der Waals surface area contributed by atoms with E-state index in [1.54, 1.807) is 0 Å². The van der Waals surface area contributed by atoms with Crippen LogP contribution in [0.5, 0.6) is 0 Å². The van der Waals surface area contributed by atoms with Crippen LogP contribution in [0.4, 0.5) is 5.95 Å². The van der Waals surface area contributed by atoms with Gasteiger partial charge in [0.25, 0.3) is 0 Å². The molecular formula is C13H18N4. The Kier molecular flexibility index (Phi) is 2.31. The van der Waals surface area contributed by atoms with Gasteiger partial charge in [0, 0.05) is 12.2 Å². The minimum Gasteiger partial charge on any atom is -0.369 e. The van der Waals surface area contributed by atoms with Crippen LogP contribution in [0.1, 0.15) is 37.8 Å². The van der Waals surface area contributed by atoms with Crippen molar-refractivity contribution in [2.45, 2.75) is 39.2 Å². The van der Waals surface area contributed by atoms with Gasteiger partial charge in [0.1, 0.15) is 5.52 Å². The summed E-state index contributed by atoms with van der Waals surface area (Å²) in [4.78, 5) is 8.90. The molecule has 2 heterocycles. The highest BCUT2D eigenvalue weighted by Gasteiger charge is 2.27. The molecule has 4 heteroatoms. The molecule has 1 saturated carbocycles. The predicted molar refractivity (Wildman–Crippen MR) is 68.7 cm³/mol. The number of fused-ring (bicyclic) bond motifs is 1. The van der Waals surface area contributed by atoms with E-state index in [4.69, 9.17) is 5.73 Å². The summed E-state index contributed by atoms with van der Waals surface area (Å²) in [6, 6.07) is 2.45. The first-order valence-electron chi connectivity index (χ1n) is 6.27. The summed E-state index contributed by atoms with van der Waals surface area (Å²) >= 11 is 0. The zero-order chi connectivity index (χ0) is 12.0. The number of hydrogen-bond donors (Lipinski definition) is 1. The van der Waals surface area contributed by atoms with Crippen molar-refractivity contribution in [3.63, 3.8) is 0 Å². The van der Waals surface area contributed by atoms with Crippen LogP contribution >= 0.6 is 0 Å². The number of nitrogens with two attached hydrogens (primary N) is 1. The molecule has 2 aromatic rings. The Balaban J connectivity index is 2.11. The molecule has 0 spiro atoms. The fourth-order valence-corrected chi connectivity index (χ4v) is 2.63. The third-order valence-electron chi connectivity index (χ3n) is 3.93.